The van der Waals surface area contributed by atoms with E-state index >= 15 is 0 Å². The van der Waals surface area contributed by atoms with Crippen molar-refractivity contribution in [2.45, 2.75) is 12.5 Å². The highest BCUT2D eigenvalue weighted by atomic mass is 19.2. The first kappa shape index (κ1) is 16.3. The molecular weight excluding hydrogens is 338 g/mol. The van der Waals surface area contributed by atoms with Gasteiger partial charge in [0.05, 0.1) is 11.9 Å². The topological polar surface area (TPSA) is 61.0 Å². The van der Waals surface area contributed by atoms with Crippen LogP contribution in [0, 0.1) is 11.6 Å². The first-order chi connectivity index (χ1) is 12.6. The largest absolute Gasteiger partial charge is 0.371 e. The zero-order valence-corrected chi connectivity index (χ0v) is 13.7. The second-order valence-corrected chi connectivity index (χ2v) is 6.11. The Morgan fingerprint density at radius 3 is 2.65 bits per heavy atom. The Hall–Kier alpha value is -3.22. The molecule has 1 aromatic heterocycles. The predicted octanol–water partition coefficient (Wildman–Crippen LogP) is 3.57. The molecule has 3 aromatic rings. The van der Waals surface area contributed by atoms with E-state index in [1.54, 1.807) is 17.3 Å². The SMILES string of the molecule is O=C1C(Nc2cccc(F)c2F)CCN1c1ccc(-c2cn[nH]c2)cc1. The van der Waals surface area contributed by atoms with E-state index in [0.717, 1.165) is 22.9 Å². The summed E-state index contributed by atoms with van der Waals surface area (Å²) < 4.78 is 27.1. The van der Waals surface area contributed by atoms with Gasteiger partial charge in [-0.15, -0.1) is 0 Å². The number of amides is 1. The van der Waals surface area contributed by atoms with Crippen LogP contribution in [0.5, 0.6) is 0 Å². The van der Waals surface area contributed by atoms with Gasteiger partial charge < -0.3 is 10.2 Å². The van der Waals surface area contributed by atoms with E-state index in [-0.39, 0.29) is 11.6 Å². The molecule has 1 unspecified atom stereocenters. The average Bonchev–Trinajstić information content (AvgIpc) is 3.30. The van der Waals surface area contributed by atoms with E-state index < -0.39 is 17.7 Å². The highest BCUT2D eigenvalue weighted by molar-refractivity contribution is 6.01. The van der Waals surface area contributed by atoms with Crippen molar-refractivity contribution in [1.82, 2.24) is 10.2 Å². The van der Waals surface area contributed by atoms with Gasteiger partial charge >= 0.3 is 0 Å². The molecule has 7 heteroatoms. The Bertz CT molecular complexity index is 925. The fraction of sp³-hybridized carbons (Fsp3) is 0.158. The van der Waals surface area contributed by atoms with Crippen LogP contribution in [0.2, 0.25) is 0 Å². The normalized spacial score (nSPS) is 16.9. The number of nitrogens with one attached hydrogen (secondary N) is 2. The molecule has 0 radical (unpaired) electrons. The molecule has 0 aliphatic carbocycles. The van der Waals surface area contributed by atoms with Crippen LogP contribution in [0.3, 0.4) is 0 Å². The molecule has 1 aliphatic rings. The number of carbonyl (C=O) groups excluding carboxylic acids is 1. The molecular formula is C19H16F2N4O. The molecule has 0 bridgehead atoms. The summed E-state index contributed by atoms with van der Waals surface area (Å²) in [5.74, 6) is -2.07. The minimum atomic E-state index is -0.969. The van der Waals surface area contributed by atoms with Crippen molar-refractivity contribution in [2.24, 2.45) is 0 Å². The number of hydrogen-bond donors (Lipinski definition) is 2. The Labute approximate surface area is 148 Å². The molecule has 0 spiro atoms. The molecule has 0 saturated carbocycles. The third-order valence-electron chi connectivity index (χ3n) is 4.50. The first-order valence-electron chi connectivity index (χ1n) is 8.24. The molecule has 2 heterocycles. The van der Waals surface area contributed by atoms with Gasteiger partial charge in [-0.2, -0.15) is 5.10 Å². The van der Waals surface area contributed by atoms with Crippen molar-refractivity contribution in [3.8, 4) is 11.1 Å². The molecule has 1 amide bonds. The van der Waals surface area contributed by atoms with Gasteiger partial charge in [0, 0.05) is 24.0 Å². The minimum absolute atomic E-state index is 0.000468. The molecule has 1 aliphatic heterocycles. The van der Waals surface area contributed by atoms with Gasteiger partial charge in [0.15, 0.2) is 11.6 Å². The maximum Gasteiger partial charge on any atom is 0.249 e. The quantitative estimate of drug-likeness (QED) is 0.753. The molecule has 2 N–H and O–H groups in total. The highest BCUT2D eigenvalue weighted by Gasteiger charge is 2.33. The summed E-state index contributed by atoms with van der Waals surface area (Å²) in [4.78, 5) is 14.3. The number of benzene rings is 2. The number of aromatic nitrogens is 2. The lowest BCUT2D eigenvalue weighted by atomic mass is 10.1. The van der Waals surface area contributed by atoms with Gasteiger partial charge in [0.1, 0.15) is 6.04 Å². The van der Waals surface area contributed by atoms with Gasteiger partial charge in [-0.3, -0.25) is 9.89 Å². The molecule has 5 nitrogen and oxygen atoms in total. The number of rotatable bonds is 4. The Balaban J connectivity index is 1.49. The van der Waals surface area contributed by atoms with E-state index in [1.165, 1.54) is 12.1 Å². The first-order valence-corrected chi connectivity index (χ1v) is 8.24. The van der Waals surface area contributed by atoms with Crippen LogP contribution < -0.4 is 10.2 Å². The van der Waals surface area contributed by atoms with E-state index in [2.05, 4.69) is 15.5 Å². The summed E-state index contributed by atoms with van der Waals surface area (Å²) in [5, 5.41) is 9.50. The number of aromatic amines is 1. The number of anilines is 2. The Morgan fingerprint density at radius 2 is 1.92 bits per heavy atom. The molecule has 26 heavy (non-hydrogen) atoms. The van der Waals surface area contributed by atoms with Gasteiger partial charge in [-0.25, -0.2) is 8.78 Å². The van der Waals surface area contributed by atoms with E-state index in [4.69, 9.17) is 0 Å². The maximum absolute atomic E-state index is 13.8. The summed E-state index contributed by atoms with van der Waals surface area (Å²) in [5.41, 5.74) is 2.72. The van der Waals surface area contributed by atoms with Crippen molar-refractivity contribution < 1.29 is 13.6 Å². The standard InChI is InChI=1S/C19H16F2N4O/c20-15-2-1-3-16(18(15)21)24-17-8-9-25(19(17)26)14-6-4-12(5-7-14)13-10-22-23-11-13/h1-7,10-11,17,24H,8-9H2,(H,22,23). The second-order valence-electron chi connectivity index (χ2n) is 6.11. The number of H-pyrrole nitrogens is 1. The van der Waals surface area contributed by atoms with Gasteiger partial charge in [0.2, 0.25) is 5.91 Å². The third kappa shape index (κ3) is 2.92. The minimum Gasteiger partial charge on any atom is -0.371 e. The van der Waals surface area contributed by atoms with Crippen LogP contribution in [0.25, 0.3) is 11.1 Å². The smallest absolute Gasteiger partial charge is 0.249 e. The lowest BCUT2D eigenvalue weighted by Crippen LogP contribution is -2.33. The van der Waals surface area contributed by atoms with Crippen LogP contribution >= 0.6 is 0 Å². The van der Waals surface area contributed by atoms with Crippen LogP contribution in [-0.4, -0.2) is 28.7 Å². The van der Waals surface area contributed by atoms with Crippen molar-refractivity contribution >= 4 is 17.3 Å². The van der Waals surface area contributed by atoms with E-state index in [1.807, 2.05) is 24.3 Å². The summed E-state index contributed by atoms with van der Waals surface area (Å²) >= 11 is 0. The molecule has 1 atom stereocenters. The van der Waals surface area contributed by atoms with Crippen molar-refractivity contribution in [3.63, 3.8) is 0 Å². The summed E-state index contributed by atoms with van der Waals surface area (Å²) in [6, 6.07) is 10.9. The lowest BCUT2D eigenvalue weighted by molar-refractivity contribution is -0.117. The van der Waals surface area contributed by atoms with Gasteiger partial charge in [-0.05, 0) is 36.2 Å². The maximum atomic E-state index is 13.8. The zero-order valence-electron chi connectivity index (χ0n) is 13.7. The fourth-order valence-corrected chi connectivity index (χ4v) is 3.12. The monoisotopic (exact) mass is 354 g/mol. The van der Waals surface area contributed by atoms with Crippen LogP contribution in [0.15, 0.2) is 54.9 Å². The molecule has 4 rings (SSSR count). The summed E-state index contributed by atoms with van der Waals surface area (Å²) in [6.07, 6.45) is 4.03. The van der Waals surface area contributed by atoms with Crippen molar-refractivity contribution in [2.75, 3.05) is 16.8 Å². The molecule has 132 valence electrons. The Morgan fingerprint density at radius 1 is 1.12 bits per heavy atom. The summed E-state index contributed by atoms with van der Waals surface area (Å²) in [7, 11) is 0. The average molecular weight is 354 g/mol. The zero-order chi connectivity index (χ0) is 18.1. The molecule has 1 fully saturated rings. The third-order valence-corrected chi connectivity index (χ3v) is 4.50. The van der Waals surface area contributed by atoms with Crippen LogP contribution in [0.4, 0.5) is 20.2 Å². The van der Waals surface area contributed by atoms with Crippen molar-refractivity contribution in [1.29, 1.82) is 0 Å². The number of halogens is 2. The van der Waals surface area contributed by atoms with Crippen LogP contribution in [0.1, 0.15) is 6.42 Å². The van der Waals surface area contributed by atoms with E-state index in [0.29, 0.717) is 13.0 Å². The van der Waals surface area contributed by atoms with Crippen molar-refractivity contribution in [3.05, 3.63) is 66.5 Å². The highest BCUT2D eigenvalue weighted by Crippen LogP contribution is 2.27. The van der Waals surface area contributed by atoms with Gasteiger partial charge in [0.25, 0.3) is 0 Å². The van der Waals surface area contributed by atoms with E-state index in [9.17, 15) is 13.6 Å². The van der Waals surface area contributed by atoms with Crippen LogP contribution in [-0.2, 0) is 4.79 Å². The predicted molar refractivity (Wildman–Crippen MR) is 94.8 cm³/mol. The lowest BCUT2D eigenvalue weighted by Gasteiger charge is -2.18. The number of nitrogens with zero attached hydrogens (tertiary/aromatic N) is 2. The summed E-state index contributed by atoms with van der Waals surface area (Å²) in [6.45, 7) is 0.512. The fourth-order valence-electron chi connectivity index (χ4n) is 3.12. The van der Waals surface area contributed by atoms with Gasteiger partial charge in [-0.1, -0.05) is 18.2 Å². The molecule has 2 aromatic carbocycles. The second kappa shape index (κ2) is 6.59. The Kier molecular flexibility index (Phi) is 4.12. The number of hydrogen-bond acceptors (Lipinski definition) is 3. The number of carbonyl (C=O) groups is 1. The molecule has 1 saturated heterocycles.